The van der Waals surface area contributed by atoms with E-state index >= 15 is 0 Å². The summed E-state index contributed by atoms with van der Waals surface area (Å²) >= 11 is 3.73. The van der Waals surface area contributed by atoms with Crippen LogP contribution in [0.15, 0.2) is 0 Å². The van der Waals surface area contributed by atoms with Crippen LogP contribution in [0.2, 0.25) is 0 Å². The van der Waals surface area contributed by atoms with Crippen LogP contribution in [0.1, 0.15) is 72.6 Å². The van der Waals surface area contributed by atoms with Gasteiger partial charge < -0.3 is 0 Å². The van der Waals surface area contributed by atoms with Crippen molar-refractivity contribution in [3.05, 3.63) is 0 Å². The van der Waals surface area contributed by atoms with Crippen molar-refractivity contribution in [2.24, 2.45) is 11.3 Å². The average Bonchev–Trinajstić information content (AvgIpc) is 2.23. The first kappa shape index (κ1) is 15.5. The monoisotopic (exact) mass is 276 g/mol. The van der Waals surface area contributed by atoms with E-state index < -0.39 is 0 Å². The van der Waals surface area contributed by atoms with Crippen molar-refractivity contribution < 1.29 is 0 Å². The van der Waals surface area contributed by atoms with Gasteiger partial charge >= 0.3 is 0 Å². The fourth-order valence-electron chi connectivity index (χ4n) is 2.14. The first-order chi connectivity index (χ1) is 7.10. The van der Waals surface area contributed by atoms with Crippen LogP contribution in [0, 0.1) is 11.3 Å². The van der Waals surface area contributed by atoms with Crippen molar-refractivity contribution in [3.63, 3.8) is 0 Å². The molecule has 0 aliphatic heterocycles. The zero-order chi connectivity index (χ0) is 11.7. The minimum Gasteiger partial charge on any atom is -0.0922 e. The van der Waals surface area contributed by atoms with Crippen LogP contribution in [0.25, 0.3) is 0 Å². The highest BCUT2D eigenvalue weighted by Gasteiger charge is 2.25. The van der Waals surface area contributed by atoms with E-state index in [1.807, 2.05) is 0 Å². The van der Waals surface area contributed by atoms with Gasteiger partial charge in [-0.15, -0.1) is 0 Å². The molecular formula is C14H29Br. The SMILES string of the molecule is CCCCC(CC)(CBr)CCCC(C)C. The third kappa shape index (κ3) is 6.60. The normalized spacial score (nSPS) is 15.6. The Kier molecular flexibility index (Phi) is 8.89. The van der Waals surface area contributed by atoms with Crippen LogP contribution in [0.3, 0.4) is 0 Å². The smallest absolute Gasteiger partial charge is 0.00878 e. The van der Waals surface area contributed by atoms with Crippen LogP contribution < -0.4 is 0 Å². The molecule has 0 aliphatic carbocycles. The number of hydrogen-bond donors (Lipinski definition) is 0. The lowest BCUT2D eigenvalue weighted by atomic mass is 9.77. The molecule has 1 heteroatoms. The molecule has 0 rings (SSSR count). The van der Waals surface area contributed by atoms with Gasteiger partial charge in [0.05, 0.1) is 0 Å². The highest BCUT2D eigenvalue weighted by Crippen LogP contribution is 2.36. The largest absolute Gasteiger partial charge is 0.0922 e. The van der Waals surface area contributed by atoms with E-state index in [-0.39, 0.29) is 0 Å². The first-order valence-corrected chi connectivity index (χ1v) is 7.78. The van der Waals surface area contributed by atoms with Crippen molar-refractivity contribution in [3.8, 4) is 0 Å². The molecule has 0 aromatic heterocycles. The zero-order valence-corrected chi connectivity index (χ0v) is 12.7. The molecule has 1 unspecified atom stereocenters. The van der Waals surface area contributed by atoms with Crippen LogP contribution in [-0.2, 0) is 0 Å². The van der Waals surface area contributed by atoms with Gasteiger partial charge in [0, 0.05) is 5.33 Å². The molecule has 0 aromatic rings. The maximum atomic E-state index is 3.73. The molecule has 0 amide bonds. The molecular weight excluding hydrogens is 248 g/mol. The van der Waals surface area contributed by atoms with Gasteiger partial charge in [-0.2, -0.15) is 0 Å². The number of rotatable bonds is 9. The van der Waals surface area contributed by atoms with Gasteiger partial charge in [-0.1, -0.05) is 69.3 Å². The van der Waals surface area contributed by atoms with E-state index in [0.29, 0.717) is 5.41 Å². The summed E-state index contributed by atoms with van der Waals surface area (Å²) < 4.78 is 0. The second-order valence-electron chi connectivity index (χ2n) is 5.38. The standard InChI is InChI=1S/C14H29Br/c1-5-7-10-14(6-2,12-15)11-8-9-13(3)4/h13H,5-12H2,1-4H3. The highest BCUT2D eigenvalue weighted by molar-refractivity contribution is 9.09. The fraction of sp³-hybridized carbons (Fsp3) is 1.00. The van der Waals surface area contributed by atoms with Crippen LogP contribution in [0.5, 0.6) is 0 Å². The Morgan fingerprint density at radius 1 is 1.07 bits per heavy atom. The lowest BCUT2D eigenvalue weighted by Gasteiger charge is -2.31. The Labute approximate surface area is 105 Å². The Bertz CT molecular complexity index is 136. The molecule has 92 valence electrons. The summed E-state index contributed by atoms with van der Waals surface area (Å²) in [6.45, 7) is 9.30. The summed E-state index contributed by atoms with van der Waals surface area (Å²) in [7, 11) is 0. The Balaban J connectivity index is 3.99. The van der Waals surface area contributed by atoms with Crippen LogP contribution >= 0.6 is 15.9 Å². The van der Waals surface area contributed by atoms with Crippen LogP contribution in [-0.4, -0.2) is 5.33 Å². The van der Waals surface area contributed by atoms with Crippen molar-refractivity contribution in [2.45, 2.75) is 72.6 Å². The summed E-state index contributed by atoms with van der Waals surface area (Å²) in [5.74, 6) is 0.862. The van der Waals surface area contributed by atoms with E-state index in [4.69, 9.17) is 0 Å². The van der Waals surface area contributed by atoms with E-state index in [1.54, 1.807) is 0 Å². The number of alkyl halides is 1. The topological polar surface area (TPSA) is 0 Å². The molecule has 0 aromatic carbocycles. The number of halogens is 1. The molecule has 0 radical (unpaired) electrons. The third-order valence-electron chi connectivity index (χ3n) is 3.58. The maximum absolute atomic E-state index is 3.73. The van der Waals surface area contributed by atoms with E-state index in [9.17, 15) is 0 Å². The predicted molar refractivity (Wildman–Crippen MR) is 74.7 cm³/mol. The van der Waals surface area contributed by atoms with Crippen molar-refractivity contribution in [1.82, 2.24) is 0 Å². The molecule has 0 saturated heterocycles. The second kappa shape index (κ2) is 8.61. The molecule has 0 N–H and O–H groups in total. The predicted octanol–water partition coefficient (Wildman–Crippen LogP) is 5.79. The number of unbranched alkanes of at least 4 members (excludes halogenated alkanes) is 1. The molecule has 0 saturated carbocycles. The molecule has 15 heavy (non-hydrogen) atoms. The first-order valence-electron chi connectivity index (χ1n) is 6.66. The molecule has 0 bridgehead atoms. The van der Waals surface area contributed by atoms with Crippen molar-refractivity contribution >= 4 is 15.9 Å². The number of hydrogen-bond acceptors (Lipinski definition) is 0. The third-order valence-corrected chi connectivity index (χ3v) is 4.77. The Morgan fingerprint density at radius 3 is 2.07 bits per heavy atom. The van der Waals surface area contributed by atoms with E-state index in [1.165, 1.54) is 50.3 Å². The van der Waals surface area contributed by atoms with E-state index in [2.05, 4.69) is 43.6 Å². The van der Waals surface area contributed by atoms with Crippen molar-refractivity contribution in [1.29, 1.82) is 0 Å². The average molecular weight is 277 g/mol. The maximum Gasteiger partial charge on any atom is 0.00878 e. The molecule has 0 nitrogen and oxygen atoms in total. The van der Waals surface area contributed by atoms with Gasteiger partial charge in [-0.25, -0.2) is 0 Å². The molecule has 0 aliphatic rings. The Morgan fingerprint density at radius 2 is 1.67 bits per heavy atom. The molecule has 1 atom stereocenters. The van der Waals surface area contributed by atoms with Gasteiger partial charge in [0.25, 0.3) is 0 Å². The summed E-state index contributed by atoms with van der Waals surface area (Å²) in [5, 5.41) is 1.19. The van der Waals surface area contributed by atoms with Gasteiger partial charge in [0.15, 0.2) is 0 Å². The van der Waals surface area contributed by atoms with Gasteiger partial charge in [-0.3, -0.25) is 0 Å². The quantitative estimate of drug-likeness (QED) is 0.468. The highest BCUT2D eigenvalue weighted by atomic mass is 79.9. The molecule has 0 fully saturated rings. The minimum atomic E-state index is 0.588. The fourth-order valence-corrected chi connectivity index (χ4v) is 3.10. The van der Waals surface area contributed by atoms with Gasteiger partial charge in [0.2, 0.25) is 0 Å². The minimum absolute atomic E-state index is 0.588. The summed E-state index contributed by atoms with van der Waals surface area (Å²) in [4.78, 5) is 0. The van der Waals surface area contributed by atoms with Crippen molar-refractivity contribution in [2.75, 3.05) is 5.33 Å². The molecule has 0 spiro atoms. The Hall–Kier alpha value is 0.480. The van der Waals surface area contributed by atoms with Crippen LogP contribution in [0.4, 0.5) is 0 Å². The lowest BCUT2D eigenvalue weighted by Crippen LogP contribution is -2.22. The van der Waals surface area contributed by atoms with Gasteiger partial charge in [0.1, 0.15) is 0 Å². The zero-order valence-electron chi connectivity index (χ0n) is 11.1. The lowest BCUT2D eigenvalue weighted by molar-refractivity contribution is 0.249. The van der Waals surface area contributed by atoms with E-state index in [0.717, 1.165) is 5.92 Å². The van der Waals surface area contributed by atoms with Gasteiger partial charge in [-0.05, 0) is 30.6 Å². The summed E-state index contributed by atoms with van der Waals surface area (Å²) in [6, 6.07) is 0. The second-order valence-corrected chi connectivity index (χ2v) is 5.94. The molecule has 0 heterocycles. The summed E-state index contributed by atoms with van der Waals surface area (Å²) in [6.07, 6.45) is 9.66. The summed E-state index contributed by atoms with van der Waals surface area (Å²) in [5.41, 5.74) is 0.588.